The summed E-state index contributed by atoms with van der Waals surface area (Å²) in [5.41, 5.74) is -1.10. The van der Waals surface area contributed by atoms with Crippen molar-refractivity contribution in [2.75, 3.05) is 5.32 Å². The predicted molar refractivity (Wildman–Crippen MR) is 66.8 cm³/mol. The zero-order chi connectivity index (χ0) is 14.0. The van der Waals surface area contributed by atoms with Gasteiger partial charge in [-0.15, -0.1) is 0 Å². The predicted octanol–water partition coefficient (Wildman–Crippen LogP) is 4.55. The van der Waals surface area contributed by atoms with Gasteiger partial charge in [-0.2, -0.15) is 13.2 Å². The van der Waals surface area contributed by atoms with E-state index >= 15 is 0 Å². The molecule has 1 heterocycles. The third kappa shape index (κ3) is 3.27. The molecular weight excluding hydrogens is 302 g/mol. The van der Waals surface area contributed by atoms with Crippen molar-refractivity contribution in [3.8, 4) is 0 Å². The topological polar surface area (TPSA) is 37.8 Å². The zero-order valence-corrected chi connectivity index (χ0v) is 10.7. The van der Waals surface area contributed by atoms with Gasteiger partial charge in [-0.3, -0.25) is 0 Å². The van der Waals surface area contributed by atoms with Gasteiger partial charge in [0.2, 0.25) is 0 Å². The molecule has 0 unspecified atom stereocenters. The standard InChI is InChI=1S/C11H6Cl2F3N3/c12-6-1-2-8(7(5-6)11(14,15)16)19-10-9(13)17-3-4-18-10/h1-5H,(H,18,19). The van der Waals surface area contributed by atoms with Gasteiger partial charge in [-0.25, -0.2) is 9.97 Å². The van der Waals surface area contributed by atoms with Crippen molar-refractivity contribution in [2.45, 2.75) is 6.18 Å². The Kier molecular flexibility index (Phi) is 3.82. The normalized spacial score (nSPS) is 11.4. The summed E-state index contributed by atoms with van der Waals surface area (Å²) in [7, 11) is 0. The molecule has 100 valence electrons. The summed E-state index contributed by atoms with van der Waals surface area (Å²) in [5, 5.41) is 2.46. The molecule has 0 radical (unpaired) electrons. The minimum Gasteiger partial charge on any atom is -0.337 e. The lowest BCUT2D eigenvalue weighted by Crippen LogP contribution is -2.09. The van der Waals surface area contributed by atoms with E-state index in [1.807, 2.05) is 0 Å². The number of hydrogen-bond donors (Lipinski definition) is 1. The second kappa shape index (κ2) is 5.22. The maximum atomic E-state index is 12.9. The van der Waals surface area contributed by atoms with Crippen LogP contribution in [0.15, 0.2) is 30.6 Å². The molecular formula is C11H6Cl2F3N3. The molecule has 19 heavy (non-hydrogen) atoms. The van der Waals surface area contributed by atoms with Gasteiger partial charge in [0.15, 0.2) is 11.0 Å². The van der Waals surface area contributed by atoms with Crippen molar-refractivity contribution in [3.05, 3.63) is 46.3 Å². The van der Waals surface area contributed by atoms with Crippen LogP contribution >= 0.6 is 23.2 Å². The van der Waals surface area contributed by atoms with E-state index in [1.165, 1.54) is 24.5 Å². The summed E-state index contributed by atoms with van der Waals surface area (Å²) < 4.78 is 38.6. The van der Waals surface area contributed by atoms with Crippen LogP contribution in [0.5, 0.6) is 0 Å². The molecule has 1 aromatic heterocycles. The first-order valence-electron chi connectivity index (χ1n) is 4.98. The van der Waals surface area contributed by atoms with E-state index in [9.17, 15) is 13.2 Å². The highest BCUT2D eigenvalue weighted by atomic mass is 35.5. The summed E-state index contributed by atoms with van der Waals surface area (Å²) in [4.78, 5) is 7.53. The SMILES string of the molecule is FC(F)(F)c1cc(Cl)ccc1Nc1nccnc1Cl. The van der Waals surface area contributed by atoms with Crippen LogP contribution in [0.4, 0.5) is 24.7 Å². The van der Waals surface area contributed by atoms with Crippen LogP contribution in [0.2, 0.25) is 10.2 Å². The molecule has 0 aliphatic rings. The van der Waals surface area contributed by atoms with Gasteiger partial charge in [-0.1, -0.05) is 23.2 Å². The summed E-state index contributed by atoms with van der Waals surface area (Å²) in [6, 6.07) is 3.37. The molecule has 0 saturated heterocycles. The Hall–Kier alpha value is -1.53. The highest BCUT2D eigenvalue weighted by molar-refractivity contribution is 6.32. The molecule has 0 saturated carbocycles. The van der Waals surface area contributed by atoms with Crippen LogP contribution in [0.3, 0.4) is 0 Å². The summed E-state index contributed by atoms with van der Waals surface area (Å²) >= 11 is 11.3. The molecule has 1 N–H and O–H groups in total. The Balaban J connectivity index is 2.44. The van der Waals surface area contributed by atoms with Crippen molar-refractivity contribution < 1.29 is 13.2 Å². The fraction of sp³-hybridized carbons (Fsp3) is 0.0909. The van der Waals surface area contributed by atoms with E-state index in [2.05, 4.69) is 15.3 Å². The van der Waals surface area contributed by atoms with Crippen molar-refractivity contribution >= 4 is 34.7 Å². The molecule has 2 rings (SSSR count). The molecule has 1 aromatic carbocycles. The van der Waals surface area contributed by atoms with Gasteiger partial charge in [0.1, 0.15) is 0 Å². The number of nitrogens with zero attached hydrogens (tertiary/aromatic N) is 2. The minimum atomic E-state index is -4.54. The fourth-order valence-corrected chi connectivity index (χ4v) is 1.72. The van der Waals surface area contributed by atoms with Crippen molar-refractivity contribution in [2.24, 2.45) is 0 Å². The average molecular weight is 308 g/mol. The summed E-state index contributed by atoms with van der Waals surface area (Å²) in [6.07, 6.45) is -1.89. The molecule has 0 amide bonds. The average Bonchev–Trinajstić information content (AvgIpc) is 2.33. The summed E-state index contributed by atoms with van der Waals surface area (Å²) in [5.74, 6) is 0.0389. The number of halogens is 5. The van der Waals surface area contributed by atoms with Gasteiger partial charge in [0, 0.05) is 17.4 Å². The lowest BCUT2D eigenvalue weighted by Gasteiger charge is -2.14. The molecule has 3 nitrogen and oxygen atoms in total. The van der Waals surface area contributed by atoms with Crippen LogP contribution in [0.1, 0.15) is 5.56 Å². The maximum absolute atomic E-state index is 12.9. The Morgan fingerprint density at radius 1 is 1.05 bits per heavy atom. The highest BCUT2D eigenvalue weighted by Gasteiger charge is 2.34. The fourth-order valence-electron chi connectivity index (χ4n) is 1.39. The molecule has 0 atom stereocenters. The van der Waals surface area contributed by atoms with Gasteiger partial charge in [0.25, 0.3) is 0 Å². The Morgan fingerprint density at radius 3 is 2.37 bits per heavy atom. The molecule has 8 heteroatoms. The largest absolute Gasteiger partial charge is 0.418 e. The second-order valence-electron chi connectivity index (χ2n) is 3.51. The van der Waals surface area contributed by atoms with E-state index in [4.69, 9.17) is 23.2 Å². The van der Waals surface area contributed by atoms with Crippen molar-refractivity contribution in [1.29, 1.82) is 0 Å². The zero-order valence-electron chi connectivity index (χ0n) is 9.17. The lowest BCUT2D eigenvalue weighted by molar-refractivity contribution is -0.136. The molecule has 0 spiro atoms. The first kappa shape index (κ1) is 13.9. The third-order valence-corrected chi connectivity index (χ3v) is 2.71. The highest BCUT2D eigenvalue weighted by Crippen LogP contribution is 2.37. The molecule has 0 aliphatic carbocycles. The van der Waals surface area contributed by atoms with Gasteiger partial charge in [0.05, 0.1) is 11.3 Å². The van der Waals surface area contributed by atoms with Crippen molar-refractivity contribution in [3.63, 3.8) is 0 Å². The van der Waals surface area contributed by atoms with Crippen molar-refractivity contribution in [1.82, 2.24) is 9.97 Å². The van der Waals surface area contributed by atoms with E-state index in [0.717, 1.165) is 6.07 Å². The molecule has 0 aliphatic heterocycles. The Labute approximate surface area is 116 Å². The van der Waals surface area contributed by atoms with Crippen LogP contribution in [-0.4, -0.2) is 9.97 Å². The number of nitrogens with one attached hydrogen (secondary N) is 1. The Morgan fingerprint density at radius 2 is 1.74 bits per heavy atom. The number of anilines is 2. The Bertz CT molecular complexity index is 602. The second-order valence-corrected chi connectivity index (χ2v) is 4.30. The summed E-state index contributed by atoms with van der Waals surface area (Å²) in [6.45, 7) is 0. The lowest BCUT2D eigenvalue weighted by atomic mass is 10.1. The smallest absolute Gasteiger partial charge is 0.337 e. The van der Waals surface area contributed by atoms with Gasteiger partial charge in [-0.05, 0) is 18.2 Å². The number of hydrogen-bond acceptors (Lipinski definition) is 3. The number of alkyl halides is 3. The van der Waals surface area contributed by atoms with E-state index < -0.39 is 11.7 Å². The van der Waals surface area contributed by atoms with Gasteiger partial charge < -0.3 is 5.32 Å². The molecule has 0 bridgehead atoms. The molecule has 2 aromatic rings. The number of rotatable bonds is 2. The first-order valence-corrected chi connectivity index (χ1v) is 5.74. The van der Waals surface area contributed by atoms with Gasteiger partial charge >= 0.3 is 6.18 Å². The third-order valence-electron chi connectivity index (χ3n) is 2.19. The number of aromatic nitrogens is 2. The quantitative estimate of drug-likeness (QED) is 0.884. The van der Waals surface area contributed by atoms with Crippen LogP contribution in [-0.2, 0) is 6.18 Å². The van der Waals surface area contributed by atoms with Crippen LogP contribution < -0.4 is 5.32 Å². The molecule has 0 fully saturated rings. The number of benzene rings is 1. The van der Waals surface area contributed by atoms with Crippen LogP contribution in [0, 0.1) is 0 Å². The first-order chi connectivity index (χ1) is 8.88. The monoisotopic (exact) mass is 307 g/mol. The maximum Gasteiger partial charge on any atom is 0.418 e. The van der Waals surface area contributed by atoms with Crippen LogP contribution in [0.25, 0.3) is 0 Å². The van der Waals surface area contributed by atoms with E-state index in [-0.39, 0.29) is 21.7 Å². The van der Waals surface area contributed by atoms with E-state index in [0.29, 0.717) is 0 Å². The minimum absolute atomic E-state index is 0.0110. The van der Waals surface area contributed by atoms with E-state index in [1.54, 1.807) is 0 Å².